The van der Waals surface area contributed by atoms with Gasteiger partial charge in [0.1, 0.15) is 11.5 Å². The smallest absolute Gasteiger partial charge is 0.335 e. The molecule has 1 aliphatic rings. The molecule has 7 heteroatoms. The number of benzene rings is 2. The van der Waals surface area contributed by atoms with Crippen molar-refractivity contribution < 1.29 is 24.2 Å². The number of hydrogen-bond acceptors (Lipinski definition) is 5. The Balaban J connectivity index is 1.65. The highest BCUT2D eigenvalue weighted by atomic mass is 16.5. The summed E-state index contributed by atoms with van der Waals surface area (Å²) in [5.41, 5.74) is 1.91. The number of hydrogen-bond donors (Lipinski definition) is 2. The maximum atomic E-state index is 12.8. The van der Waals surface area contributed by atoms with E-state index >= 15 is 0 Å². The maximum absolute atomic E-state index is 12.8. The molecular weight excluding hydrogens is 348 g/mol. The molecule has 1 unspecified atom stereocenters. The number of carboxylic acids is 1. The van der Waals surface area contributed by atoms with Crippen LogP contribution in [0.3, 0.4) is 0 Å². The third-order valence-corrected chi connectivity index (χ3v) is 4.61. The number of aromatic carboxylic acids is 1. The minimum atomic E-state index is -0.954. The fourth-order valence-corrected chi connectivity index (χ4v) is 3.08. The molecule has 1 heterocycles. The molecule has 1 fully saturated rings. The van der Waals surface area contributed by atoms with Crippen LogP contribution in [0.5, 0.6) is 11.5 Å². The SMILES string of the molecule is COc1cc(OC)cc(N2CCC(NCc3ccc(C(=O)O)cc3)C2=O)c1. The minimum Gasteiger partial charge on any atom is -0.497 e. The number of ether oxygens (including phenoxy) is 2. The first kappa shape index (κ1) is 18.7. The predicted octanol–water partition coefficient (Wildman–Crippen LogP) is 2.30. The Kier molecular flexibility index (Phi) is 5.61. The van der Waals surface area contributed by atoms with E-state index in [1.807, 2.05) is 12.1 Å². The van der Waals surface area contributed by atoms with Gasteiger partial charge in [-0.05, 0) is 24.1 Å². The van der Waals surface area contributed by atoms with Crippen LogP contribution in [0.4, 0.5) is 5.69 Å². The van der Waals surface area contributed by atoms with E-state index < -0.39 is 5.97 Å². The van der Waals surface area contributed by atoms with Gasteiger partial charge in [0.2, 0.25) is 5.91 Å². The number of nitrogens with one attached hydrogen (secondary N) is 1. The summed E-state index contributed by atoms with van der Waals surface area (Å²) in [6, 6.07) is 11.7. The molecule has 3 rings (SSSR count). The zero-order valence-electron chi connectivity index (χ0n) is 15.3. The van der Waals surface area contributed by atoms with Crippen LogP contribution in [0, 0.1) is 0 Å². The molecule has 0 radical (unpaired) electrons. The largest absolute Gasteiger partial charge is 0.497 e. The molecule has 1 saturated heterocycles. The quantitative estimate of drug-likeness (QED) is 0.778. The first-order valence-electron chi connectivity index (χ1n) is 8.62. The molecule has 0 aromatic heterocycles. The number of nitrogens with zero attached hydrogens (tertiary/aromatic N) is 1. The molecule has 27 heavy (non-hydrogen) atoms. The standard InChI is InChI=1S/C20H22N2O5/c1-26-16-9-15(10-17(11-16)27-2)22-8-7-18(19(22)23)21-12-13-3-5-14(6-4-13)20(24)25/h3-6,9-11,18,21H,7-8,12H2,1-2H3,(H,24,25). The minimum absolute atomic E-state index is 0.00698. The first-order valence-corrected chi connectivity index (χ1v) is 8.62. The Morgan fingerprint density at radius 1 is 1.15 bits per heavy atom. The van der Waals surface area contributed by atoms with Gasteiger partial charge in [0.05, 0.1) is 31.5 Å². The molecule has 2 aromatic carbocycles. The van der Waals surface area contributed by atoms with Crippen LogP contribution in [0.25, 0.3) is 0 Å². The third kappa shape index (κ3) is 4.20. The second kappa shape index (κ2) is 8.09. The predicted molar refractivity (Wildman–Crippen MR) is 101 cm³/mol. The van der Waals surface area contributed by atoms with Crippen LogP contribution in [0.15, 0.2) is 42.5 Å². The van der Waals surface area contributed by atoms with Crippen molar-refractivity contribution >= 4 is 17.6 Å². The fraction of sp³-hybridized carbons (Fsp3) is 0.300. The van der Waals surface area contributed by atoms with Crippen molar-refractivity contribution in [3.63, 3.8) is 0 Å². The van der Waals surface area contributed by atoms with Crippen molar-refractivity contribution in [1.29, 1.82) is 0 Å². The molecule has 142 valence electrons. The van der Waals surface area contributed by atoms with E-state index in [9.17, 15) is 9.59 Å². The molecule has 0 saturated carbocycles. The number of carbonyl (C=O) groups excluding carboxylic acids is 1. The molecule has 1 aliphatic heterocycles. The molecule has 1 amide bonds. The molecular formula is C20H22N2O5. The van der Waals surface area contributed by atoms with E-state index in [-0.39, 0.29) is 17.5 Å². The molecule has 0 bridgehead atoms. The Hall–Kier alpha value is -3.06. The summed E-state index contributed by atoms with van der Waals surface area (Å²) in [5.74, 6) is 0.302. The van der Waals surface area contributed by atoms with Crippen molar-refractivity contribution in [1.82, 2.24) is 5.32 Å². The van der Waals surface area contributed by atoms with Crippen molar-refractivity contribution in [2.45, 2.75) is 19.0 Å². The highest BCUT2D eigenvalue weighted by molar-refractivity contribution is 5.99. The van der Waals surface area contributed by atoms with Gasteiger partial charge in [-0.3, -0.25) is 4.79 Å². The molecule has 1 atom stereocenters. The molecule has 0 spiro atoms. The van der Waals surface area contributed by atoms with Gasteiger partial charge in [0, 0.05) is 31.3 Å². The lowest BCUT2D eigenvalue weighted by Gasteiger charge is -2.19. The maximum Gasteiger partial charge on any atom is 0.335 e. The van der Waals surface area contributed by atoms with E-state index in [4.69, 9.17) is 14.6 Å². The molecule has 2 N–H and O–H groups in total. The van der Waals surface area contributed by atoms with Gasteiger partial charge in [0.25, 0.3) is 0 Å². The van der Waals surface area contributed by atoms with E-state index in [1.54, 1.807) is 49.5 Å². The van der Waals surface area contributed by atoms with E-state index in [2.05, 4.69) is 5.32 Å². The van der Waals surface area contributed by atoms with Gasteiger partial charge in [-0.15, -0.1) is 0 Å². The van der Waals surface area contributed by atoms with Gasteiger partial charge in [-0.2, -0.15) is 0 Å². The number of anilines is 1. The van der Waals surface area contributed by atoms with E-state index in [0.29, 0.717) is 31.0 Å². The zero-order chi connectivity index (χ0) is 19.4. The third-order valence-electron chi connectivity index (χ3n) is 4.61. The van der Waals surface area contributed by atoms with Gasteiger partial charge in [-0.25, -0.2) is 4.79 Å². The number of methoxy groups -OCH3 is 2. The van der Waals surface area contributed by atoms with Crippen molar-refractivity contribution in [3.05, 3.63) is 53.6 Å². The normalized spacial score (nSPS) is 16.4. The van der Waals surface area contributed by atoms with Gasteiger partial charge in [-0.1, -0.05) is 12.1 Å². The summed E-state index contributed by atoms with van der Waals surface area (Å²) >= 11 is 0. The topological polar surface area (TPSA) is 88.1 Å². The average molecular weight is 370 g/mol. The Bertz CT molecular complexity index is 813. The number of carboxylic acid groups (broad SMARTS) is 1. The highest BCUT2D eigenvalue weighted by Crippen LogP contribution is 2.31. The van der Waals surface area contributed by atoms with Gasteiger partial charge >= 0.3 is 5.97 Å². The molecule has 2 aromatic rings. The lowest BCUT2D eigenvalue weighted by molar-refractivity contribution is -0.118. The second-order valence-electron chi connectivity index (χ2n) is 6.28. The van der Waals surface area contributed by atoms with Crippen molar-refractivity contribution in [3.8, 4) is 11.5 Å². The van der Waals surface area contributed by atoms with Crippen LogP contribution in [-0.2, 0) is 11.3 Å². The highest BCUT2D eigenvalue weighted by Gasteiger charge is 2.32. The summed E-state index contributed by atoms with van der Waals surface area (Å²) in [7, 11) is 3.15. The van der Waals surface area contributed by atoms with Crippen molar-refractivity contribution in [2.75, 3.05) is 25.7 Å². The number of carbonyl (C=O) groups is 2. The summed E-state index contributed by atoms with van der Waals surface area (Å²) in [5, 5.41) is 12.2. The van der Waals surface area contributed by atoms with Crippen LogP contribution >= 0.6 is 0 Å². The Labute approximate surface area is 157 Å². The van der Waals surface area contributed by atoms with Crippen LogP contribution in [0.1, 0.15) is 22.3 Å². The zero-order valence-corrected chi connectivity index (χ0v) is 15.3. The van der Waals surface area contributed by atoms with Gasteiger partial charge in [0.15, 0.2) is 0 Å². The lowest BCUT2D eigenvalue weighted by atomic mass is 10.1. The van der Waals surface area contributed by atoms with Crippen molar-refractivity contribution in [2.24, 2.45) is 0 Å². The monoisotopic (exact) mass is 370 g/mol. The second-order valence-corrected chi connectivity index (χ2v) is 6.28. The summed E-state index contributed by atoms with van der Waals surface area (Å²) in [6.45, 7) is 1.09. The fourth-order valence-electron chi connectivity index (χ4n) is 3.08. The lowest BCUT2D eigenvalue weighted by Crippen LogP contribution is -2.38. The first-order chi connectivity index (χ1) is 13.0. The summed E-state index contributed by atoms with van der Waals surface area (Å²) in [6.07, 6.45) is 0.686. The van der Waals surface area contributed by atoms with E-state index in [1.165, 1.54) is 0 Å². The van der Waals surface area contributed by atoms with Crippen LogP contribution in [0.2, 0.25) is 0 Å². The summed E-state index contributed by atoms with van der Waals surface area (Å²) in [4.78, 5) is 25.4. The van der Waals surface area contributed by atoms with Crippen LogP contribution in [-0.4, -0.2) is 43.8 Å². The average Bonchev–Trinajstić information content (AvgIpc) is 3.06. The Morgan fingerprint density at radius 3 is 2.33 bits per heavy atom. The number of rotatable bonds is 7. The molecule has 7 nitrogen and oxygen atoms in total. The molecule has 0 aliphatic carbocycles. The van der Waals surface area contributed by atoms with Gasteiger partial charge < -0.3 is 24.8 Å². The van der Waals surface area contributed by atoms with E-state index in [0.717, 1.165) is 11.3 Å². The Morgan fingerprint density at radius 2 is 1.78 bits per heavy atom. The number of amides is 1. The summed E-state index contributed by atoms with van der Waals surface area (Å²) < 4.78 is 10.6. The van der Waals surface area contributed by atoms with Crippen LogP contribution < -0.4 is 19.7 Å².